The van der Waals surface area contributed by atoms with Crippen molar-refractivity contribution in [1.82, 2.24) is 9.78 Å². The largest absolute Gasteiger partial charge is 0.414 e. The molecule has 0 unspecified atom stereocenters. The zero-order valence-corrected chi connectivity index (χ0v) is 16.3. The van der Waals surface area contributed by atoms with Crippen molar-refractivity contribution in [2.24, 2.45) is 5.73 Å². The Bertz CT molecular complexity index is 1060. The summed E-state index contributed by atoms with van der Waals surface area (Å²) in [6, 6.07) is 11.6. The number of hydrogen-bond donors (Lipinski definition) is 1. The van der Waals surface area contributed by atoms with Gasteiger partial charge in [0.2, 0.25) is 0 Å². The average molecular weight is 442 g/mol. The monoisotopic (exact) mass is 441 g/mol. The summed E-state index contributed by atoms with van der Waals surface area (Å²) in [6.07, 6.45) is -6.54. The Labute approximate surface area is 174 Å². The van der Waals surface area contributed by atoms with Crippen LogP contribution in [0.15, 0.2) is 48.5 Å². The fourth-order valence-corrected chi connectivity index (χ4v) is 2.81. The minimum absolute atomic E-state index is 0.0623. The van der Waals surface area contributed by atoms with Gasteiger partial charge in [-0.1, -0.05) is 11.6 Å². The maximum absolute atomic E-state index is 14.2. The van der Waals surface area contributed by atoms with Gasteiger partial charge < -0.3 is 10.5 Å². The Morgan fingerprint density at radius 3 is 2.47 bits per heavy atom. The molecular weight excluding hydrogens is 426 g/mol. The SMILES string of the molecule is C[C@@H](OCc1cc(F)cc(-c2cc(C(N)=O)nn2-c2ccc(Cl)cc2)c1)C(F)(F)F. The Morgan fingerprint density at radius 1 is 1.20 bits per heavy atom. The molecule has 1 atom stereocenters. The van der Waals surface area contributed by atoms with Gasteiger partial charge in [-0.2, -0.15) is 18.3 Å². The van der Waals surface area contributed by atoms with E-state index >= 15 is 0 Å². The molecule has 0 aliphatic rings. The molecule has 0 fully saturated rings. The number of halogens is 5. The third-order valence-electron chi connectivity index (χ3n) is 4.25. The van der Waals surface area contributed by atoms with Gasteiger partial charge in [-0.3, -0.25) is 4.79 Å². The van der Waals surface area contributed by atoms with Crippen LogP contribution in [-0.4, -0.2) is 28.0 Å². The standard InChI is InChI=1S/C20H16ClF4N3O2/c1-11(20(23,24)25)30-10-12-6-13(8-15(22)7-12)18-9-17(19(26)29)27-28(18)16-4-2-14(21)3-5-16/h2-9,11H,10H2,1H3,(H2,26,29)/t11-/m1/s1. The molecule has 3 aromatic rings. The van der Waals surface area contributed by atoms with Gasteiger partial charge in [0.1, 0.15) is 5.82 Å². The third kappa shape index (κ3) is 4.98. The number of benzene rings is 2. The topological polar surface area (TPSA) is 70.1 Å². The van der Waals surface area contributed by atoms with Crippen molar-refractivity contribution < 1.29 is 27.1 Å². The van der Waals surface area contributed by atoms with Crippen molar-refractivity contribution in [2.75, 3.05) is 0 Å². The van der Waals surface area contributed by atoms with Crippen molar-refractivity contribution in [1.29, 1.82) is 0 Å². The van der Waals surface area contributed by atoms with E-state index in [1.165, 1.54) is 22.9 Å². The molecule has 5 nitrogen and oxygen atoms in total. The van der Waals surface area contributed by atoms with Gasteiger partial charge in [0, 0.05) is 10.6 Å². The highest BCUT2D eigenvalue weighted by atomic mass is 35.5. The van der Waals surface area contributed by atoms with E-state index in [0.29, 0.717) is 16.4 Å². The first-order chi connectivity index (χ1) is 14.0. The zero-order chi connectivity index (χ0) is 22.1. The van der Waals surface area contributed by atoms with Crippen LogP contribution in [0.3, 0.4) is 0 Å². The second-order valence-electron chi connectivity index (χ2n) is 6.51. The van der Waals surface area contributed by atoms with Crippen molar-refractivity contribution >= 4 is 17.5 Å². The minimum atomic E-state index is -4.53. The highest BCUT2D eigenvalue weighted by molar-refractivity contribution is 6.30. The van der Waals surface area contributed by atoms with Gasteiger partial charge >= 0.3 is 6.18 Å². The predicted molar refractivity (Wildman–Crippen MR) is 103 cm³/mol. The molecule has 3 rings (SSSR count). The fourth-order valence-electron chi connectivity index (χ4n) is 2.68. The first-order valence-corrected chi connectivity index (χ1v) is 9.06. The molecule has 1 heterocycles. The Kier molecular flexibility index (Phi) is 6.14. The van der Waals surface area contributed by atoms with E-state index in [4.69, 9.17) is 22.1 Å². The molecule has 0 saturated carbocycles. The average Bonchev–Trinajstić information content (AvgIpc) is 3.11. The minimum Gasteiger partial charge on any atom is -0.364 e. The molecule has 10 heteroatoms. The van der Waals surface area contributed by atoms with Gasteiger partial charge in [0.05, 0.1) is 18.0 Å². The highest BCUT2D eigenvalue weighted by Gasteiger charge is 2.36. The molecule has 2 aromatic carbocycles. The normalized spacial score (nSPS) is 12.7. The Hall–Kier alpha value is -2.91. The van der Waals surface area contributed by atoms with Crippen molar-refractivity contribution in [3.8, 4) is 16.9 Å². The summed E-state index contributed by atoms with van der Waals surface area (Å²) in [4.78, 5) is 11.6. The first-order valence-electron chi connectivity index (χ1n) is 8.68. The number of rotatable bonds is 6. The van der Waals surface area contributed by atoms with E-state index in [1.807, 2.05) is 0 Å². The van der Waals surface area contributed by atoms with Gasteiger partial charge in [0.25, 0.3) is 5.91 Å². The highest BCUT2D eigenvalue weighted by Crippen LogP contribution is 2.28. The zero-order valence-electron chi connectivity index (χ0n) is 15.6. The summed E-state index contributed by atoms with van der Waals surface area (Å²) < 4.78 is 58.4. The maximum Gasteiger partial charge on any atom is 0.414 e. The van der Waals surface area contributed by atoms with Gasteiger partial charge in [-0.25, -0.2) is 9.07 Å². The molecule has 0 bridgehead atoms. The number of amides is 1. The van der Waals surface area contributed by atoms with Crippen LogP contribution in [0.5, 0.6) is 0 Å². The number of carbonyl (C=O) groups is 1. The predicted octanol–water partition coefficient (Wildman–Crippen LogP) is 4.90. The summed E-state index contributed by atoms with van der Waals surface area (Å²) in [5.41, 5.74) is 6.56. The molecule has 1 aromatic heterocycles. The van der Waals surface area contributed by atoms with Crippen LogP contribution in [-0.2, 0) is 11.3 Å². The summed E-state index contributed by atoms with van der Waals surface area (Å²) in [5.74, 6) is -1.47. The number of alkyl halides is 3. The van der Waals surface area contributed by atoms with Crippen LogP contribution in [0.25, 0.3) is 16.9 Å². The van der Waals surface area contributed by atoms with Gasteiger partial charge in [0.15, 0.2) is 11.8 Å². The van der Waals surface area contributed by atoms with E-state index in [9.17, 15) is 22.4 Å². The lowest BCUT2D eigenvalue weighted by molar-refractivity contribution is -0.217. The summed E-state index contributed by atoms with van der Waals surface area (Å²) in [7, 11) is 0. The fraction of sp³-hybridized carbons (Fsp3) is 0.200. The Morgan fingerprint density at radius 2 is 1.87 bits per heavy atom. The van der Waals surface area contributed by atoms with Crippen molar-refractivity contribution in [2.45, 2.75) is 25.8 Å². The van der Waals surface area contributed by atoms with Gasteiger partial charge in [-0.15, -0.1) is 0 Å². The molecule has 0 spiro atoms. The number of nitrogens with zero attached hydrogens (tertiary/aromatic N) is 2. The van der Waals surface area contributed by atoms with E-state index in [2.05, 4.69) is 5.10 Å². The number of nitrogens with two attached hydrogens (primary N) is 1. The van der Waals surface area contributed by atoms with E-state index in [-0.39, 0.29) is 16.8 Å². The number of carbonyl (C=O) groups excluding carboxylic acids is 1. The maximum atomic E-state index is 14.2. The summed E-state index contributed by atoms with van der Waals surface area (Å²) >= 11 is 5.90. The smallest absolute Gasteiger partial charge is 0.364 e. The second kappa shape index (κ2) is 8.45. The van der Waals surface area contributed by atoms with Crippen LogP contribution in [0.2, 0.25) is 5.02 Å². The number of hydrogen-bond acceptors (Lipinski definition) is 3. The summed E-state index contributed by atoms with van der Waals surface area (Å²) in [5, 5.41) is 4.63. The van der Waals surface area contributed by atoms with Crippen LogP contribution in [0, 0.1) is 5.82 Å². The lowest BCUT2D eigenvalue weighted by Crippen LogP contribution is -2.28. The lowest BCUT2D eigenvalue weighted by Gasteiger charge is -2.16. The molecule has 2 N–H and O–H groups in total. The van der Waals surface area contributed by atoms with Gasteiger partial charge in [-0.05, 0) is 61.0 Å². The Balaban J connectivity index is 2.01. The third-order valence-corrected chi connectivity index (χ3v) is 4.50. The van der Waals surface area contributed by atoms with E-state index < -0.39 is 30.6 Å². The second-order valence-corrected chi connectivity index (χ2v) is 6.95. The number of ether oxygens (including phenoxy) is 1. The van der Waals surface area contributed by atoms with E-state index in [0.717, 1.165) is 13.0 Å². The number of primary amides is 1. The molecule has 0 aliphatic carbocycles. The number of aromatic nitrogens is 2. The first kappa shape index (κ1) is 21.8. The van der Waals surface area contributed by atoms with Crippen LogP contribution in [0.1, 0.15) is 23.0 Å². The van der Waals surface area contributed by atoms with Crippen LogP contribution >= 0.6 is 11.6 Å². The van der Waals surface area contributed by atoms with Crippen LogP contribution in [0.4, 0.5) is 17.6 Å². The van der Waals surface area contributed by atoms with Crippen molar-refractivity contribution in [3.63, 3.8) is 0 Å². The van der Waals surface area contributed by atoms with E-state index in [1.54, 1.807) is 24.3 Å². The molecule has 0 radical (unpaired) electrons. The van der Waals surface area contributed by atoms with Crippen molar-refractivity contribution in [3.05, 3.63) is 70.6 Å². The quantitative estimate of drug-likeness (QED) is 0.553. The molecule has 0 saturated heterocycles. The molecule has 0 aliphatic heterocycles. The lowest BCUT2D eigenvalue weighted by atomic mass is 10.1. The summed E-state index contributed by atoms with van der Waals surface area (Å²) in [6.45, 7) is 0.415. The molecular formula is C20H16ClF4N3O2. The molecule has 30 heavy (non-hydrogen) atoms. The van der Waals surface area contributed by atoms with Crippen LogP contribution < -0.4 is 5.73 Å². The molecule has 158 valence electrons. The molecule has 1 amide bonds.